The van der Waals surface area contributed by atoms with Crippen LogP contribution in [0.5, 0.6) is 0 Å². The Morgan fingerprint density at radius 2 is 0.975 bits per heavy atom. The van der Waals surface area contributed by atoms with Crippen molar-refractivity contribution >= 4 is 43.4 Å². The van der Waals surface area contributed by atoms with Gasteiger partial charge in [-0.05, 0) is 49.4 Å². The van der Waals surface area contributed by atoms with Crippen LogP contribution < -0.4 is 15.5 Å². The molecule has 0 radical (unpaired) electrons. The van der Waals surface area contributed by atoms with E-state index in [0.717, 1.165) is 60.9 Å². The zero-order valence-electron chi connectivity index (χ0n) is 49.9. The lowest BCUT2D eigenvalue weighted by Gasteiger charge is -2.26. The highest BCUT2D eigenvalue weighted by molar-refractivity contribution is 7.47. The molecule has 2 atom stereocenters. The number of nitrogens with one attached hydrogen (secondary N) is 2. The summed E-state index contributed by atoms with van der Waals surface area (Å²) in [5.41, 5.74) is 3.40. The number of fused-ring (bicyclic) bond motifs is 2. The number of rotatable bonds is 50. The lowest BCUT2D eigenvalue weighted by Crippen LogP contribution is -2.32. The molecule has 456 valence electrons. The molecule has 0 spiro atoms. The average molecular weight is 1150 g/mol. The van der Waals surface area contributed by atoms with Crippen LogP contribution in [-0.2, 0) is 53.5 Å². The minimum atomic E-state index is -4.68. The predicted octanol–water partition coefficient (Wildman–Crippen LogP) is 15.4. The summed E-state index contributed by atoms with van der Waals surface area (Å²) in [5, 5.41) is 5.11. The third-order valence-corrected chi connectivity index (χ3v) is 15.6. The Hall–Kier alpha value is -4.74. The first-order valence-corrected chi connectivity index (χ1v) is 33.1. The summed E-state index contributed by atoms with van der Waals surface area (Å²) in [6, 6.07) is 15.4. The molecule has 2 unspecified atom stereocenters. The number of esters is 2. The number of para-hydroxylation sites is 1. The van der Waals surface area contributed by atoms with Gasteiger partial charge in [-0.25, -0.2) is 9.36 Å². The van der Waals surface area contributed by atoms with E-state index in [2.05, 4.69) is 36.3 Å². The minimum Gasteiger partial charge on any atom is -0.462 e. The largest absolute Gasteiger partial charge is 0.472 e. The molecule has 0 saturated heterocycles. The highest BCUT2D eigenvalue weighted by Crippen LogP contribution is 2.43. The molecule has 2 aromatic rings. The van der Waals surface area contributed by atoms with E-state index in [9.17, 15) is 33.4 Å². The number of ether oxygens (including phenoxy) is 3. The summed E-state index contributed by atoms with van der Waals surface area (Å²) in [6.07, 6.45) is 36.2. The number of phosphoric acid groups is 1. The molecular formula is C65H104N3O12P. The SMILES string of the molecule is CCCCCCCCCCCCCCCCCC(=O)OCC(COP(=O)(O)OCCNC(=O)OCCNC(=O)CCCCC(=O)N1Cc2ccccc2C#Cc2ccccc21)OC(=O)CCCCCCCCCCCCCCCCC. The van der Waals surface area contributed by atoms with Crippen LogP contribution in [0.15, 0.2) is 48.5 Å². The van der Waals surface area contributed by atoms with Gasteiger partial charge in [-0.15, -0.1) is 0 Å². The zero-order chi connectivity index (χ0) is 58.3. The lowest BCUT2D eigenvalue weighted by molar-refractivity contribution is -0.161. The number of hydrogen-bond donors (Lipinski definition) is 3. The first-order valence-electron chi connectivity index (χ1n) is 31.6. The Morgan fingerprint density at radius 3 is 1.54 bits per heavy atom. The molecule has 16 heteroatoms. The maximum Gasteiger partial charge on any atom is 0.472 e. The van der Waals surface area contributed by atoms with E-state index in [1.54, 1.807) is 4.90 Å². The summed E-state index contributed by atoms with van der Waals surface area (Å²) in [5.74, 6) is 5.17. The Kier molecular flexibility index (Phi) is 40.7. The normalized spacial score (nSPS) is 12.9. The molecule has 0 aromatic heterocycles. The summed E-state index contributed by atoms with van der Waals surface area (Å²) in [4.78, 5) is 76.0. The van der Waals surface area contributed by atoms with Crippen molar-refractivity contribution in [3.05, 3.63) is 65.2 Å². The first kappa shape index (κ1) is 70.5. The van der Waals surface area contributed by atoms with Crippen LogP contribution in [0, 0.1) is 11.8 Å². The summed E-state index contributed by atoms with van der Waals surface area (Å²) in [6.45, 7) is 3.34. The molecule has 1 aliphatic rings. The Labute approximate surface area is 487 Å². The molecule has 3 N–H and O–H groups in total. The number of unbranched alkanes of at least 4 members (excludes halogenated alkanes) is 29. The second-order valence-electron chi connectivity index (χ2n) is 21.8. The second kappa shape index (κ2) is 46.7. The van der Waals surface area contributed by atoms with Crippen molar-refractivity contribution in [1.82, 2.24) is 10.6 Å². The molecule has 2 aromatic carbocycles. The number of phosphoric ester groups is 1. The third-order valence-electron chi connectivity index (χ3n) is 14.6. The smallest absolute Gasteiger partial charge is 0.462 e. The Balaban J connectivity index is 1.29. The van der Waals surface area contributed by atoms with E-state index in [1.165, 1.54) is 141 Å². The van der Waals surface area contributed by atoms with Crippen LogP contribution in [0.1, 0.15) is 262 Å². The fourth-order valence-electron chi connectivity index (χ4n) is 9.81. The Morgan fingerprint density at radius 1 is 0.519 bits per heavy atom. The minimum absolute atomic E-state index is 0.0532. The quantitative estimate of drug-likeness (QED) is 0.0187. The van der Waals surface area contributed by atoms with E-state index in [0.29, 0.717) is 32.2 Å². The topological polar surface area (TPSA) is 196 Å². The van der Waals surface area contributed by atoms with Gasteiger partial charge in [0, 0.05) is 43.4 Å². The van der Waals surface area contributed by atoms with Crippen molar-refractivity contribution in [3.63, 3.8) is 0 Å². The Bertz CT molecular complexity index is 2140. The summed E-state index contributed by atoms with van der Waals surface area (Å²) < 4.78 is 39.2. The molecule has 1 aliphatic heterocycles. The van der Waals surface area contributed by atoms with Gasteiger partial charge in [-0.3, -0.25) is 28.2 Å². The molecule has 0 saturated carbocycles. The van der Waals surface area contributed by atoms with E-state index < -0.39 is 45.2 Å². The molecule has 81 heavy (non-hydrogen) atoms. The number of carbonyl (C=O) groups excluding carboxylic acids is 5. The van der Waals surface area contributed by atoms with Gasteiger partial charge in [0.1, 0.15) is 13.2 Å². The van der Waals surface area contributed by atoms with Crippen molar-refractivity contribution in [3.8, 4) is 11.8 Å². The van der Waals surface area contributed by atoms with E-state index >= 15 is 0 Å². The van der Waals surface area contributed by atoms with Gasteiger partial charge in [0.15, 0.2) is 6.10 Å². The standard InChI is InChI=1S/C65H104N3O12P/c1-3-5-7-9-11-13-15-17-19-21-23-25-27-29-31-45-63(71)77-54-59(80-64(72)46-32-30-28-26-24-22-20-18-16-14-12-10-8-6-4-2)55-79-81(74,75)78-52-50-67-65(73)76-51-49-66-61(69)43-37-38-44-62(70)68-53-58-41-34-33-39-56(58)47-48-57-40-35-36-42-60(57)68/h33-36,39-42,59H,3-32,37-38,43-46,49-55H2,1-2H3,(H,66,69)(H,67,73)(H,74,75). The molecule has 1 heterocycles. The van der Waals surface area contributed by atoms with Crippen molar-refractivity contribution < 1.29 is 56.7 Å². The molecule has 0 aliphatic carbocycles. The van der Waals surface area contributed by atoms with Crippen molar-refractivity contribution in [1.29, 1.82) is 0 Å². The van der Waals surface area contributed by atoms with Gasteiger partial charge < -0.3 is 34.6 Å². The second-order valence-corrected chi connectivity index (χ2v) is 23.3. The summed E-state index contributed by atoms with van der Waals surface area (Å²) >= 11 is 0. The number of alkyl carbamates (subject to hydrolysis) is 1. The number of nitrogens with zero attached hydrogens (tertiary/aromatic N) is 1. The van der Waals surface area contributed by atoms with E-state index in [1.807, 2.05) is 48.5 Å². The third kappa shape index (κ3) is 36.5. The van der Waals surface area contributed by atoms with Gasteiger partial charge in [0.25, 0.3) is 0 Å². The number of anilines is 1. The molecule has 3 amide bonds. The molecule has 15 nitrogen and oxygen atoms in total. The molecule has 0 bridgehead atoms. The summed E-state index contributed by atoms with van der Waals surface area (Å²) in [7, 11) is -4.68. The van der Waals surface area contributed by atoms with Crippen LogP contribution in [0.25, 0.3) is 0 Å². The van der Waals surface area contributed by atoms with Crippen LogP contribution in [0.3, 0.4) is 0 Å². The van der Waals surface area contributed by atoms with Crippen molar-refractivity contribution in [2.24, 2.45) is 0 Å². The van der Waals surface area contributed by atoms with Gasteiger partial charge >= 0.3 is 25.9 Å². The first-order chi connectivity index (χ1) is 39.5. The maximum atomic E-state index is 13.5. The van der Waals surface area contributed by atoms with Crippen LogP contribution >= 0.6 is 7.82 Å². The van der Waals surface area contributed by atoms with Crippen molar-refractivity contribution in [2.45, 2.75) is 258 Å². The fraction of sp³-hybridized carbons (Fsp3) is 0.708. The molecule has 0 fully saturated rings. The zero-order valence-corrected chi connectivity index (χ0v) is 50.8. The highest BCUT2D eigenvalue weighted by atomic mass is 31.2. The monoisotopic (exact) mass is 1150 g/mol. The van der Waals surface area contributed by atoms with Crippen LogP contribution in [-0.4, -0.2) is 80.4 Å². The van der Waals surface area contributed by atoms with Crippen LogP contribution in [0.4, 0.5) is 10.5 Å². The number of amides is 3. The van der Waals surface area contributed by atoms with E-state index in [-0.39, 0.29) is 63.8 Å². The van der Waals surface area contributed by atoms with Gasteiger partial charge in [0.05, 0.1) is 32.0 Å². The number of hydrogen-bond acceptors (Lipinski definition) is 11. The average Bonchev–Trinajstić information content (AvgIpc) is 3.47. The number of carbonyl (C=O) groups is 5. The predicted molar refractivity (Wildman–Crippen MR) is 323 cm³/mol. The number of benzene rings is 2. The molecular weight excluding hydrogens is 1050 g/mol. The van der Waals surface area contributed by atoms with E-state index in [4.69, 9.17) is 23.3 Å². The van der Waals surface area contributed by atoms with Crippen molar-refractivity contribution in [2.75, 3.05) is 44.4 Å². The highest BCUT2D eigenvalue weighted by Gasteiger charge is 2.27. The van der Waals surface area contributed by atoms with Crippen LogP contribution in [0.2, 0.25) is 0 Å². The van der Waals surface area contributed by atoms with Gasteiger partial charge in [0.2, 0.25) is 11.8 Å². The molecule has 3 rings (SSSR count). The van der Waals surface area contributed by atoms with Gasteiger partial charge in [-0.1, -0.05) is 236 Å². The lowest BCUT2D eigenvalue weighted by atomic mass is 10.0. The maximum absolute atomic E-state index is 13.5. The van der Waals surface area contributed by atoms with Gasteiger partial charge in [-0.2, -0.15) is 0 Å². The fourth-order valence-corrected chi connectivity index (χ4v) is 10.6.